The van der Waals surface area contributed by atoms with Crippen molar-refractivity contribution in [2.24, 2.45) is 0 Å². The Morgan fingerprint density at radius 2 is 2.00 bits per heavy atom. The molecule has 6 nitrogen and oxygen atoms in total. The standard InChI is InChI=1S/C10H14F3N5O/c1-5(8(19)18(2)3)15-7-4-6(14)16-9(17-7)10(11,12)13/h4-5H,1-3H3,(H3,14,15,16,17). The fourth-order valence-electron chi connectivity index (χ4n) is 1.34. The van der Waals surface area contributed by atoms with Crippen LogP contribution in [0.4, 0.5) is 24.8 Å². The van der Waals surface area contributed by atoms with Crippen LogP contribution in [-0.4, -0.2) is 40.9 Å². The lowest BCUT2D eigenvalue weighted by atomic mass is 10.3. The van der Waals surface area contributed by atoms with Crippen molar-refractivity contribution in [1.82, 2.24) is 14.9 Å². The summed E-state index contributed by atoms with van der Waals surface area (Å²) in [4.78, 5) is 19.3. The van der Waals surface area contributed by atoms with Crippen LogP contribution >= 0.6 is 0 Å². The van der Waals surface area contributed by atoms with Crippen molar-refractivity contribution in [1.29, 1.82) is 0 Å². The number of carbonyl (C=O) groups is 1. The molecular formula is C10H14F3N5O. The average molecular weight is 277 g/mol. The fraction of sp³-hybridized carbons (Fsp3) is 0.500. The van der Waals surface area contributed by atoms with Gasteiger partial charge in [-0.15, -0.1) is 0 Å². The number of nitrogen functional groups attached to an aromatic ring is 1. The Bertz CT molecular complexity index is 475. The van der Waals surface area contributed by atoms with Crippen LogP contribution in [-0.2, 0) is 11.0 Å². The van der Waals surface area contributed by atoms with Crippen LogP contribution in [0.2, 0.25) is 0 Å². The van der Waals surface area contributed by atoms with E-state index in [1.807, 2.05) is 0 Å². The fourth-order valence-corrected chi connectivity index (χ4v) is 1.34. The highest BCUT2D eigenvalue weighted by Gasteiger charge is 2.35. The Labute approximate surface area is 107 Å². The molecule has 1 amide bonds. The topological polar surface area (TPSA) is 84.1 Å². The van der Waals surface area contributed by atoms with Crippen LogP contribution < -0.4 is 11.1 Å². The molecule has 19 heavy (non-hydrogen) atoms. The molecule has 0 aliphatic rings. The van der Waals surface area contributed by atoms with Crippen LogP contribution in [0, 0.1) is 0 Å². The van der Waals surface area contributed by atoms with E-state index < -0.39 is 18.0 Å². The molecule has 0 saturated carbocycles. The van der Waals surface area contributed by atoms with Gasteiger partial charge in [-0.3, -0.25) is 4.79 Å². The Balaban J connectivity index is 2.96. The number of likely N-dealkylation sites (N-methyl/N-ethyl adjacent to an activating group) is 1. The first-order valence-electron chi connectivity index (χ1n) is 5.30. The molecule has 0 fully saturated rings. The zero-order chi connectivity index (χ0) is 14.8. The van der Waals surface area contributed by atoms with Crippen molar-refractivity contribution in [3.05, 3.63) is 11.9 Å². The number of hydrogen-bond acceptors (Lipinski definition) is 5. The van der Waals surface area contributed by atoms with E-state index in [0.29, 0.717) is 0 Å². The van der Waals surface area contributed by atoms with E-state index in [4.69, 9.17) is 5.73 Å². The number of anilines is 2. The second-order valence-electron chi connectivity index (χ2n) is 4.10. The number of aromatic nitrogens is 2. The maximum Gasteiger partial charge on any atom is 0.451 e. The quantitative estimate of drug-likeness (QED) is 0.860. The second-order valence-corrected chi connectivity index (χ2v) is 4.10. The lowest BCUT2D eigenvalue weighted by Gasteiger charge is -2.19. The van der Waals surface area contributed by atoms with E-state index in [1.54, 1.807) is 0 Å². The zero-order valence-corrected chi connectivity index (χ0v) is 10.6. The number of nitrogens with two attached hydrogens (primary N) is 1. The number of rotatable bonds is 3. The summed E-state index contributed by atoms with van der Waals surface area (Å²) >= 11 is 0. The number of nitrogens with zero attached hydrogens (tertiary/aromatic N) is 3. The third-order valence-electron chi connectivity index (χ3n) is 2.18. The van der Waals surface area contributed by atoms with Gasteiger partial charge in [0.1, 0.15) is 17.7 Å². The summed E-state index contributed by atoms with van der Waals surface area (Å²) in [7, 11) is 3.08. The lowest BCUT2D eigenvalue weighted by molar-refractivity contribution is -0.144. The SMILES string of the molecule is CC(Nc1cc(N)nc(C(F)(F)F)n1)C(=O)N(C)C. The summed E-state index contributed by atoms with van der Waals surface area (Å²) in [6.45, 7) is 1.51. The molecule has 0 aromatic carbocycles. The molecule has 1 unspecified atom stereocenters. The molecular weight excluding hydrogens is 263 g/mol. The minimum atomic E-state index is -4.69. The molecule has 9 heteroatoms. The first-order chi connectivity index (χ1) is 8.61. The molecule has 0 spiro atoms. The molecule has 0 aliphatic carbocycles. The molecule has 106 valence electrons. The van der Waals surface area contributed by atoms with Gasteiger partial charge in [-0.1, -0.05) is 0 Å². The molecule has 1 aromatic rings. The summed E-state index contributed by atoms with van der Waals surface area (Å²) in [6.07, 6.45) is -4.69. The van der Waals surface area contributed by atoms with Crippen molar-refractivity contribution in [2.75, 3.05) is 25.1 Å². The molecule has 0 bridgehead atoms. The molecule has 1 atom stereocenters. The summed E-state index contributed by atoms with van der Waals surface area (Å²) in [5.74, 6) is -2.12. The highest BCUT2D eigenvalue weighted by Crippen LogP contribution is 2.27. The number of carbonyl (C=O) groups excluding carboxylic acids is 1. The van der Waals surface area contributed by atoms with Gasteiger partial charge < -0.3 is 16.0 Å². The zero-order valence-electron chi connectivity index (χ0n) is 10.6. The van der Waals surface area contributed by atoms with Gasteiger partial charge in [0.25, 0.3) is 0 Å². The monoisotopic (exact) mass is 277 g/mol. The molecule has 0 radical (unpaired) electrons. The number of alkyl halides is 3. The molecule has 1 rings (SSSR count). The van der Waals surface area contributed by atoms with E-state index in [1.165, 1.54) is 25.9 Å². The predicted molar refractivity (Wildman–Crippen MR) is 63.2 cm³/mol. The summed E-state index contributed by atoms with van der Waals surface area (Å²) in [6, 6.07) is 0.402. The van der Waals surface area contributed by atoms with Crippen LogP contribution in [0.25, 0.3) is 0 Å². The van der Waals surface area contributed by atoms with Crippen LogP contribution in [0.15, 0.2) is 6.07 Å². The summed E-state index contributed by atoms with van der Waals surface area (Å²) < 4.78 is 37.5. The van der Waals surface area contributed by atoms with Gasteiger partial charge in [-0.2, -0.15) is 13.2 Å². The van der Waals surface area contributed by atoms with Gasteiger partial charge in [0, 0.05) is 20.2 Å². The number of amides is 1. The summed E-state index contributed by atoms with van der Waals surface area (Å²) in [5, 5.41) is 2.55. The van der Waals surface area contributed by atoms with E-state index in [9.17, 15) is 18.0 Å². The van der Waals surface area contributed by atoms with E-state index >= 15 is 0 Å². The van der Waals surface area contributed by atoms with Crippen molar-refractivity contribution in [2.45, 2.75) is 19.1 Å². The van der Waals surface area contributed by atoms with Crippen molar-refractivity contribution in [3.63, 3.8) is 0 Å². The predicted octanol–water partition coefficient (Wildman–Crippen LogP) is 0.966. The molecule has 0 saturated heterocycles. The van der Waals surface area contributed by atoms with E-state index in [-0.39, 0.29) is 17.5 Å². The first-order valence-corrected chi connectivity index (χ1v) is 5.30. The van der Waals surface area contributed by atoms with Gasteiger partial charge in [-0.05, 0) is 6.92 Å². The van der Waals surface area contributed by atoms with Crippen molar-refractivity contribution < 1.29 is 18.0 Å². The van der Waals surface area contributed by atoms with Gasteiger partial charge in [-0.25, -0.2) is 9.97 Å². The van der Waals surface area contributed by atoms with Crippen LogP contribution in [0.5, 0.6) is 0 Å². The Hall–Kier alpha value is -2.06. The highest BCUT2D eigenvalue weighted by atomic mass is 19.4. The molecule has 1 heterocycles. The Morgan fingerprint density at radius 3 is 2.47 bits per heavy atom. The third kappa shape index (κ3) is 3.97. The molecule has 1 aromatic heterocycles. The average Bonchev–Trinajstić information content (AvgIpc) is 2.25. The highest BCUT2D eigenvalue weighted by molar-refractivity contribution is 5.83. The van der Waals surface area contributed by atoms with Gasteiger partial charge >= 0.3 is 6.18 Å². The number of hydrogen-bond donors (Lipinski definition) is 2. The van der Waals surface area contributed by atoms with Crippen molar-refractivity contribution >= 4 is 17.5 Å². The normalized spacial score (nSPS) is 12.9. The summed E-state index contributed by atoms with van der Waals surface area (Å²) in [5.41, 5.74) is 5.28. The molecule has 0 aliphatic heterocycles. The Morgan fingerprint density at radius 1 is 1.42 bits per heavy atom. The first kappa shape index (κ1) is 15.0. The van der Waals surface area contributed by atoms with Crippen molar-refractivity contribution in [3.8, 4) is 0 Å². The largest absolute Gasteiger partial charge is 0.451 e. The number of nitrogens with one attached hydrogen (secondary N) is 1. The maximum absolute atomic E-state index is 12.5. The van der Waals surface area contributed by atoms with Crippen LogP contribution in [0.1, 0.15) is 12.7 Å². The van der Waals surface area contributed by atoms with Gasteiger partial charge in [0.05, 0.1) is 0 Å². The smallest absolute Gasteiger partial charge is 0.384 e. The maximum atomic E-state index is 12.5. The Kier molecular flexibility index (Phi) is 4.17. The van der Waals surface area contributed by atoms with Crippen LogP contribution in [0.3, 0.4) is 0 Å². The van der Waals surface area contributed by atoms with Gasteiger partial charge in [0.15, 0.2) is 0 Å². The molecule has 3 N–H and O–H groups in total. The minimum absolute atomic E-state index is 0.150. The third-order valence-corrected chi connectivity index (χ3v) is 2.18. The van der Waals surface area contributed by atoms with E-state index in [0.717, 1.165) is 6.07 Å². The minimum Gasteiger partial charge on any atom is -0.384 e. The lowest BCUT2D eigenvalue weighted by Crippen LogP contribution is -2.37. The number of halogens is 3. The van der Waals surface area contributed by atoms with Gasteiger partial charge in [0.2, 0.25) is 11.7 Å². The second kappa shape index (κ2) is 5.29. The van der Waals surface area contributed by atoms with E-state index in [2.05, 4.69) is 15.3 Å².